The number of thioether (sulfide) groups is 1. The number of aromatic nitrogens is 3. The van der Waals surface area contributed by atoms with E-state index in [0.29, 0.717) is 28.2 Å². The van der Waals surface area contributed by atoms with Crippen LogP contribution in [0.25, 0.3) is 0 Å². The van der Waals surface area contributed by atoms with Crippen molar-refractivity contribution in [2.24, 2.45) is 7.05 Å². The summed E-state index contributed by atoms with van der Waals surface area (Å²) in [6.45, 7) is 8.89. The Bertz CT molecular complexity index is 1280. The summed E-state index contributed by atoms with van der Waals surface area (Å²) in [5.74, 6) is 1.02. The fourth-order valence-electron chi connectivity index (χ4n) is 4.34. The molecule has 204 valence electrons. The van der Waals surface area contributed by atoms with Crippen LogP contribution in [0, 0.1) is 0 Å². The molecule has 0 unspecified atom stereocenters. The maximum atomic E-state index is 12.9. The Balaban J connectivity index is 1.36. The topological polar surface area (TPSA) is 95.3 Å². The summed E-state index contributed by atoms with van der Waals surface area (Å²) in [7, 11) is 1.86. The lowest BCUT2D eigenvalue weighted by molar-refractivity contribution is -0.113. The lowest BCUT2D eigenvalue weighted by atomic mass is 9.87. The number of thiophene rings is 1. The second-order valence-corrected chi connectivity index (χ2v) is 12.4. The van der Waals surface area contributed by atoms with Crippen LogP contribution in [0.5, 0.6) is 5.75 Å². The Labute approximate surface area is 232 Å². The molecule has 0 spiro atoms. The zero-order chi connectivity index (χ0) is 27.3. The highest BCUT2D eigenvalue weighted by Crippen LogP contribution is 2.38. The molecule has 0 radical (unpaired) electrons. The highest BCUT2D eigenvalue weighted by molar-refractivity contribution is 7.99. The lowest BCUT2D eigenvalue weighted by Crippen LogP contribution is -2.17. The molecule has 3 aromatic rings. The third kappa shape index (κ3) is 6.77. The van der Waals surface area contributed by atoms with E-state index >= 15 is 0 Å². The van der Waals surface area contributed by atoms with Crippen LogP contribution in [0.2, 0.25) is 0 Å². The van der Waals surface area contributed by atoms with Crippen molar-refractivity contribution in [2.45, 2.75) is 77.0 Å². The molecule has 0 fully saturated rings. The zero-order valence-electron chi connectivity index (χ0n) is 22.8. The zero-order valence-corrected chi connectivity index (χ0v) is 24.4. The van der Waals surface area contributed by atoms with Crippen LogP contribution in [-0.2, 0) is 41.4 Å². The van der Waals surface area contributed by atoms with E-state index in [2.05, 4.69) is 48.4 Å². The van der Waals surface area contributed by atoms with E-state index in [9.17, 15) is 9.59 Å². The number of ether oxygens (including phenoxy) is 2. The number of esters is 1. The number of benzene rings is 1. The quantitative estimate of drug-likeness (QED) is 0.198. The number of fused-ring (bicyclic) bond motifs is 1. The van der Waals surface area contributed by atoms with Gasteiger partial charge >= 0.3 is 5.97 Å². The van der Waals surface area contributed by atoms with E-state index in [1.54, 1.807) is 6.92 Å². The number of anilines is 1. The fraction of sp³-hybridized carbons (Fsp3) is 0.500. The van der Waals surface area contributed by atoms with Crippen molar-refractivity contribution >= 4 is 40.0 Å². The summed E-state index contributed by atoms with van der Waals surface area (Å²) in [5, 5.41) is 12.6. The molecule has 1 N–H and O–H groups in total. The van der Waals surface area contributed by atoms with Crippen LogP contribution >= 0.6 is 23.1 Å². The Morgan fingerprint density at radius 1 is 1.11 bits per heavy atom. The molecular formula is C28H36N4O4S2. The van der Waals surface area contributed by atoms with Gasteiger partial charge in [0.15, 0.2) is 11.0 Å². The van der Waals surface area contributed by atoms with Gasteiger partial charge in [-0.25, -0.2) is 4.79 Å². The first kappa shape index (κ1) is 28.2. The van der Waals surface area contributed by atoms with Gasteiger partial charge in [0.1, 0.15) is 17.4 Å². The minimum atomic E-state index is -0.360. The van der Waals surface area contributed by atoms with Gasteiger partial charge in [-0.3, -0.25) is 4.79 Å². The molecule has 2 heterocycles. The number of carbonyl (C=O) groups is 2. The van der Waals surface area contributed by atoms with Crippen LogP contribution in [0.1, 0.15) is 79.1 Å². The molecule has 0 bridgehead atoms. The van der Waals surface area contributed by atoms with Gasteiger partial charge in [0.05, 0.1) is 17.9 Å². The van der Waals surface area contributed by atoms with Gasteiger partial charge in [-0.1, -0.05) is 51.1 Å². The number of amides is 1. The standard InChI is InChI=1S/C28H36N4O4S2/c1-6-35-26(34)24-20-10-8-7-9-11-21(20)38-25(24)29-23(33)17-37-27-31-30-22(32(27)5)16-36-19-14-12-18(13-15-19)28(2,3)4/h12-15H,6-11,16-17H2,1-5H3,(H,29,33). The maximum Gasteiger partial charge on any atom is 0.341 e. The van der Waals surface area contributed by atoms with Crippen LogP contribution in [0.15, 0.2) is 29.4 Å². The Hall–Kier alpha value is -2.85. The summed E-state index contributed by atoms with van der Waals surface area (Å²) in [4.78, 5) is 26.8. The van der Waals surface area contributed by atoms with Gasteiger partial charge < -0.3 is 19.4 Å². The Morgan fingerprint density at radius 3 is 2.55 bits per heavy atom. The molecule has 1 aromatic carbocycles. The Morgan fingerprint density at radius 2 is 1.84 bits per heavy atom. The van der Waals surface area contributed by atoms with Crippen molar-refractivity contribution < 1.29 is 19.1 Å². The number of hydrogen-bond acceptors (Lipinski definition) is 8. The second kappa shape index (κ2) is 12.3. The Kier molecular flexibility index (Phi) is 9.15. The summed E-state index contributed by atoms with van der Waals surface area (Å²) in [6, 6.07) is 8.08. The summed E-state index contributed by atoms with van der Waals surface area (Å²) in [6.07, 6.45) is 5.06. The molecule has 0 saturated heterocycles. The number of hydrogen-bond donors (Lipinski definition) is 1. The first-order valence-electron chi connectivity index (χ1n) is 13.0. The first-order valence-corrected chi connectivity index (χ1v) is 14.8. The number of nitrogens with zero attached hydrogens (tertiary/aromatic N) is 3. The highest BCUT2D eigenvalue weighted by Gasteiger charge is 2.26. The fourth-order valence-corrected chi connectivity index (χ4v) is 6.36. The van der Waals surface area contributed by atoms with Crippen LogP contribution < -0.4 is 10.1 Å². The van der Waals surface area contributed by atoms with E-state index in [1.165, 1.54) is 33.5 Å². The van der Waals surface area contributed by atoms with Crippen molar-refractivity contribution in [2.75, 3.05) is 17.7 Å². The minimum Gasteiger partial charge on any atom is -0.486 e. The van der Waals surface area contributed by atoms with Crippen molar-refractivity contribution in [3.63, 3.8) is 0 Å². The van der Waals surface area contributed by atoms with Crippen molar-refractivity contribution in [3.05, 3.63) is 51.7 Å². The van der Waals surface area contributed by atoms with Gasteiger partial charge in [-0.15, -0.1) is 21.5 Å². The summed E-state index contributed by atoms with van der Waals surface area (Å²) < 4.78 is 13.1. The van der Waals surface area contributed by atoms with Crippen molar-refractivity contribution in [3.8, 4) is 5.75 Å². The SMILES string of the molecule is CCOC(=O)c1c(NC(=O)CSc2nnc(COc3ccc(C(C)(C)C)cc3)n2C)sc2c1CCCCC2. The molecule has 10 heteroatoms. The van der Waals surface area contributed by atoms with Gasteiger partial charge in [-0.2, -0.15) is 0 Å². The molecule has 4 rings (SSSR count). The average Bonchev–Trinajstić information content (AvgIpc) is 3.30. The highest BCUT2D eigenvalue weighted by atomic mass is 32.2. The van der Waals surface area contributed by atoms with E-state index in [-0.39, 0.29) is 29.7 Å². The third-order valence-electron chi connectivity index (χ3n) is 6.50. The molecule has 1 aliphatic carbocycles. The van der Waals surface area contributed by atoms with Gasteiger partial charge in [-0.05, 0) is 61.3 Å². The molecule has 1 amide bonds. The minimum absolute atomic E-state index is 0.0865. The lowest BCUT2D eigenvalue weighted by Gasteiger charge is -2.19. The molecule has 0 saturated carbocycles. The van der Waals surface area contributed by atoms with Crippen LogP contribution in [-0.4, -0.2) is 39.0 Å². The van der Waals surface area contributed by atoms with Gasteiger partial charge in [0.2, 0.25) is 5.91 Å². The molecule has 0 atom stereocenters. The van der Waals surface area contributed by atoms with E-state index in [0.717, 1.165) is 43.4 Å². The molecule has 38 heavy (non-hydrogen) atoms. The predicted octanol–water partition coefficient (Wildman–Crippen LogP) is 5.93. The normalized spacial score (nSPS) is 13.5. The summed E-state index contributed by atoms with van der Waals surface area (Å²) >= 11 is 2.80. The second-order valence-electron chi connectivity index (χ2n) is 10.3. The molecule has 0 aliphatic heterocycles. The predicted molar refractivity (Wildman–Crippen MR) is 151 cm³/mol. The van der Waals surface area contributed by atoms with Gasteiger partial charge in [0.25, 0.3) is 0 Å². The van der Waals surface area contributed by atoms with Crippen molar-refractivity contribution in [1.29, 1.82) is 0 Å². The number of nitrogens with one attached hydrogen (secondary N) is 1. The van der Waals surface area contributed by atoms with Crippen LogP contribution in [0.4, 0.5) is 5.00 Å². The summed E-state index contributed by atoms with van der Waals surface area (Å²) in [5.41, 5.74) is 2.90. The van der Waals surface area contributed by atoms with E-state index in [4.69, 9.17) is 9.47 Å². The van der Waals surface area contributed by atoms with E-state index < -0.39 is 0 Å². The average molecular weight is 557 g/mol. The smallest absolute Gasteiger partial charge is 0.341 e. The van der Waals surface area contributed by atoms with Crippen LogP contribution in [0.3, 0.4) is 0 Å². The third-order valence-corrected chi connectivity index (χ3v) is 8.73. The number of aryl methyl sites for hydroxylation is 1. The largest absolute Gasteiger partial charge is 0.486 e. The first-order chi connectivity index (χ1) is 18.2. The molecule has 8 nitrogen and oxygen atoms in total. The van der Waals surface area contributed by atoms with E-state index in [1.807, 2.05) is 23.7 Å². The maximum absolute atomic E-state index is 12.9. The van der Waals surface area contributed by atoms with Crippen molar-refractivity contribution in [1.82, 2.24) is 14.8 Å². The molecule has 1 aliphatic rings. The monoisotopic (exact) mass is 556 g/mol. The van der Waals surface area contributed by atoms with Gasteiger partial charge in [0, 0.05) is 11.9 Å². The number of carbonyl (C=O) groups excluding carboxylic acids is 2. The molecular weight excluding hydrogens is 520 g/mol. The molecule has 2 aromatic heterocycles. The number of rotatable bonds is 9.